The molecule has 230 valence electrons. The van der Waals surface area contributed by atoms with Gasteiger partial charge in [-0.25, -0.2) is 9.59 Å². The van der Waals surface area contributed by atoms with E-state index in [1.807, 2.05) is 96.1 Å². The van der Waals surface area contributed by atoms with Crippen LogP contribution < -0.4 is 20.1 Å². The number of carbonyl (C=O) groups is 2. The summed E-state index contributed by atoms with van der Waals surface area (Å²) >= 11 is 0. The molecule has 0 radical (unpaired) electrons. The van der Waals surface area contributed by atoms with E-state index in [4.69, 9.17) is 18.9 Å². The van der Waals surface area contributed by atoms with Crippen molar-refractivity contribution in [2.75, 3.05) is 7.11 Å². The maximum atomic E-state index is 12.7. The number of rotatable bonds is 8. The molecular weight excluding hydrogens is 556 g/mol. The smallest absolute Gasteiger partial charge is 0.407 e. The standard InChI is InChI=1S/C36H40N2O6/c1-35(2,3)43-33(39)37-19-28-26-15-13-23-17-25(42-21-22-11-9-8-10-12-22)18-24-14-16-27(31(26)30(23)24)29(32(28)41-7)20-38-34(40)44-36(4,5)6/h8-18H,19-21H2,1-7H3,(H,37,39)(H,38,40). The van der Waals surface area contributed by atoms with Crippen molar-refractivity contribution < 1.29 is 28.5 Å². The van der Waals surface area contributed by atoms with Crippen LogP contribution in [0.2, 0.25) is 0 Å². The molecule has 0 bridgehead atoms. The van der Waals surface area contributed by atoms with Crippen LogP contribution in [-0.4, -0.2) is 30.5 Å². The van der Waals surface area contributed by atoms with Gasteiger partial charge in [-0.15, -0.1) is 0 Å². The summed E-state index contributed by atoms with van der Waals surface area (Å²) < 4.78 is 23.2. The fraction of sp³-hybridized carbons (Fsp3) is 0.333. The highest BCUT2D eigenvalue weighted by molar-refractivity contribution is 6.25. The average Bonchev–Trinajstić information content (AvgIpc) is 2.95. The third-order valence-corrected chi connectivity index (χ3v) is 7.09. The predicted molar refractivity (Wildman–Crippen MR) is 174 cm³/mol. The van der Waals surface area contributed by atoms with E-state index >= 15 is 0 Å². The fourth-order valence-electron chi connectivity index (χ4n) is 5.44. The topological polar surface area (TPSA) is 95.1 Å². The second-order valence-electron chi connectivity index (χ2n) is 12.8. The highest BCUT2D eigenvalue weighted by Crippen LogP contribution is 2.44. The Morgan fingerprint density at radius 3 is 1.64 bits per heavy atom. The fourth-order valence-corrected chi connectivity index (χ4v) is 5.44. The summed E-state index contributed by atoms with van der Waals surface area (Å²) in [7, 11) is 1.59. The largest absolute Gasteiger partial charge is 0.496 e. The lowest BCUT2D eigenvalue weighted by Gasteiger charge is -2.24. The molecule has 5 aromatic carbocycles. The van der Waals surface area contributed by atoms with E-state index in [0.717, 1.165) is 54.8 Å². The molecule has 0 aliphatic heterocycles. The van der Waals surface area contributed by atoms with Crippen molar-refractivity contribution in [2.45, 2.75) is 72.4 Å². The molecule has 2 N–H and O–H groups in total. The maximum Gasteiger partial charge on any atom is 0.407 e. The molecule has 5 aromatic rings. The summed E-state index contributed by atoms with van der Waals surface area (Å²) in [6, 6.07) is 22.4. The Balaban J connectivity index is 1.61. The van der Waals surface area contributed by atoms with Crippen molar-refractivity contribution in [1.29, 1.82) is 0 Å². The Morgan fingerprint density at radius 1 is 0.682 bits per heavy atom. The summed E-state index contributed by atoms with van der Waals surface area (Å²) in [6.45, 7) is 11.7. The first-order valence-electron chi connectivity index (χ1n) is 14.7. The number of hydrogen-bond donors (Lipinski definition) is 2. The van der Waals surface area contributed by atoms with E-state index in [9.17, 15) is 9.59 Å². The number of carbonyl (C=O) groups excluding carboxylic acids is 2. The number of alkyl carbamates (subject to hydrolysis) is 2. The van der Waals surface area contributed by atoms with Crippen LogP contribution >= 0.6 is 0 Å². The lowest BCUT2D eigenvalue weighted by Crippen LogP contribution is -2.33. The van der Waals surface area contributed by atoms with Gasteiger partial charge in [0.15, 0.2) is 0 Å². The van der Waals surface area contributed by atoms with Gasteiger partial charge in [0.25, 0.3) is 0 Å². The van der Waals surface area contributed by atoms with Crippen LogP contribution in [0.5, 0.6) is 11.5 Å². The normalized spacial score (nSPS) is 12.0. The molecule has 0 heterocycles. The summed E-state index contributed by atoms with van der Waals surface area (Å²) in [4.78, 5) is 25.3. The maximum absolute atomic E-state index is 12.7. The van der Waals surface area contributed by atoms with Crippen LogP contribution in [0.25, 0.3) is 32.3 Å². The quantitative estimate of drug-likeness (QED) is 0.175. The molecule has 0 atom stereocenters. The molecule has 0 aliphatic rings. The van der Waals surface area contributed by atoms with Gasteiger partial charge in [-0.1, -0.05) is 54.6 Å². The summed E-state index contributed by atoms with van der Waals surface area (Å²) in [5.41, 5.74) is 1.38. The van der Waals surface area contributed by atoms with Gasteiger partial charge >= 0.3 is 12.2 Å². The molecule has 0 fully saturated rings. The van der Waals surface area contributed by atoms with Gasteiger partial charge < -0.3 is 29.6 Å². The Morgan fingerprint density at radius 2 is 1.18 bits per heavy atom. The zero-order chi connectivity index (χ0) is 31.6. The lowest BCUT2D eigenvalue weighted by molar-refractivity contribution is 0.0513. The minimum atomic E-state index is -0.639. The van der Waals surface area contributed by atoms with E-state index in [2.05, 4.69) is 22.8 Å². The minimum Gasteiger partial charge on any atom is -0.496 e. The van der Waals surface area contributed by atoms with E-state index in [0.29, 0.717) is 12.4 Å². The van der Waals surface area contributed by atoms with Gasteiger partial charge in [-0.3, -0.25) is 0 Å². The predicted octanol–water partition coefficient (Wildman–Crippen LogP) is 8.22. The highest BCUT2D eigenvalue weighted by Gasteiger charge is 2.24. The molecule has 44 heavy (non-hydrogen) atoms. The number of hydrogen-bond acceptors (Lipinski definition) is 6. The number of benzene rings is 5. The van der Waals surface area contributed by atoms with Crippen molar-refractivity contribution in [1.82, 2.24) is 10.6 Å². The lowest BCUT2D eigenvalue weighted by atomic mass is 9.88. The van der Waals surface area contributed by atoms with Crippen LogP contribution in [0.1, 0.15) is 58.2 Å². The number of nitrogens with one attached hydrogen (secondary N) is 2. The van der Waals surface area contributed by atoms with E-state index in [1.54, 1.807) is 7.11 Å². The van der Waals surface area contributed by atoms with Crippen LogP contribution in [0.3, 0.4) is 0 Å². The molecule has 5 rings (SSSR count). The molecule has 0 spiro atoms. The molecule has 0 saturated carbocycles. The monoisotopic (exact) mass is 596 g/mol. The van der Waals surface area contributed by atoms with Gasteiger partial charge in [0.05, 0.1) is 20.2 Å². The Labute approximate surface area is 257 Å². The number of ether oxygens (including phenoxy) is 4. The first-order chi connectivity index (χ1) is 20.8. The molecule has 0 unspecified atom stereocenters. The van der Waals surface area contributed by atoms with Crippen molar-refractivity contribution in [3.05, 3.63) is 83.4 Å². The van der Waals surface area contributed by atoms with Crippen molar-refractivity contribution in [2.24, 2.45) is 0 Å². The Bertz CT molecular complexity index is 1700. The van der Waals surface area contributed by atoms with E-state index in [-0.39, 0.29) is 13.1 Å². The van der Waals surface area contributed by atoms with Gasteiger partial charge in [-0.05, 0) is 91.6 Å². The summed E-state index contributed by atoms with van der Waals surface area (Å²) in [6.07, 6.45) is -1.06. The van der Waals surface area contributed by atoms with Gasteiger partial charge in [0.1, 0.15) is 29.3 Å². The van der Waals surface area contributed by atoms with Crippen molar-refractivity contribution >= 4 is 44.5 Å². The number of methoxy groups -OCH3 is 1. The third kappa shape index (κ3) is 6.91. The molecular formula is C36H40N2O6. The van der Waals surface area contributed by atoms with Gasteiger partial charge in [0, 0.05) is 11.1 Å². The molecule has 2 amide bonds. The number of amides is 2. The molecule has 0 aliphatic carbocycles. The van der Waals surface area contributed by atoms with Gasteiger partial charge in [-0.2, -0.15) is 0 Å². The second-order valence-corrected chi connectivity index (χ2v) is 12.8. The Kier molecular flexibility index (Phi) is 8.46. The van der Waals surface area contributed by atoms with E-state index in [1.165, 1.54) is 0 Å². The summed E-state index contributed by atoms with van der Waals surface area (Å²) in [5, 5.41) is 11.8. The molecule has 8 heteroatoms. The van der Waals surface area contributed by atoms with Crippen molar-refractivity contribution in [3.63, 3.8) is 0 Å². The average molecular weight is 597 g/mol. The Hall–Kier alpha value is -4.72. The molecule has 0 aromatic heterocycles. The van der Waals surface area contributed by atoms with Crippen LogP contribution in [0, 0.1) is 0 Å². The molecule has 0 saturated heterocycles. The zero-order valence-corrected chi connectivity index (χ0v) is 26.4. The SMILES string of the molecule is COc1c(CNC(=O)OC(C)(C)C)c2ccc3cc(OCc4ccccc4)cc4ccc(c1CNC(=O)OC(C)(C)C)c2c34. The first-order valence-corrected chi connectivity index (χ1v) is 14.7. The van der Waals surface area contributed by atoms with Crippen LogP contribution in [-0.2, 0) is 29.2 Å². The van der Waals surface area contributed by atoms with E-state index < -0.39 is 23.4 Å². The van der Waals surface area contributed by atoms with Crippen molar-refractivity contribution in [3.8, 4) is 11.5 Å². The molecule has 8 nitrogen and oxygen atoms in total. The van der Waals surface area contributed by atoms with Gasteiger partial charge in [0.2, 0.25) is 0 Å². The summed E-state index contributed by atoms with van der Waals surface area (Å²) in [5.74, 6) is 1.35. The van der Waals surface area contributed by atoms with Crippen LogP contribution in [0.15, 0.2) is 66.7 Å². The first kappa shape index (κ1) is 30.7. The minimum absolute atomic E-state index is 0.164. The highest BCUT2D eigenvalue weighted by atomic mass is 16.6. The zero-order valence-electron chi connectivity index (χ0n) is 26.4. The second kappa shape index (κ2) is 12.1. The third-order valence-electron chi connectivity index (χ3n) is 7.09. The van der Waals surface area contributed by atoms with Crippen LogP contribution in [0.4, 0.5) is 9.59 Å².